The SMILES string of the molecule is CC(=NO)C1CCC(C(=O)O)CC1. The van der Waals surface area contributed by atoms with Crippen LogP contribution < -0.4 is 0 Å². The maximum Gasteiger partial charge on any atom is 0.306 e. The van der Waals surface area contributed by atoms with Crippen LogP contribution in [-0.2, 0) is 4.79 Å². The molecule has 0 aromatic rings. The van der Waals surface area contributed by atoms with E-state index in [1.165, 1.54) is 0 Å². The molecule has 1 rings (SSSR count). The monoisotopic (exact) mass is 185 g/mol. The van der Waals surface area contributed by atoms with E-state index in [1.54, 1.807) is 6.92 Å². The first-order valence-electron chi connectivity index (χ1n) is 4.56. The zero-order chi connectivity index (χ0) is 9.84. The maximum absolute atomic E-state index is 10.6. The van der Waals surface area contributed by atoms with Crippen LogP contribution in [0.5, 0.6) is 0 Å². The summed E-state index contributed by atoms with van der Waals surface area (Å²) in [6.45, 7) is 1.78. The van der Waals surface area contributed by atoms with Gasteiger partial charge < -0.3 is 10.3 Å². The van der Waals surface area contributed by atoms with Crippen molar-refractivity contribution < 1.29 is 15.1 Å². The van der Waals surface area contributed by atoms with Gasteiger partial charge in [-0.05, 0) is 32.6 Å². The molecule has 0 saturated heterocycles. The highest BCUT2D eigenvalue weighted by atomic mass is 16.4. The Bertz CT molecular complexity index is 217. The van der Waals surface area contributed by atoms with Crippen molar-refractivity contribution in [3.63, 3.8) is 0 Å². The third kappa shape index (κ3) is 2.44. The standard InChI is InChI=1S/C9H15NO3/c1-6(10-13)7-2-4-8(5-3-7)9(11)12/h7-8,13H,2-5H2,1H3,(H,11,12). The highest BCUT2D eigenvalue weighted by molar-refractivity contribution is 5.84. The van der Waals surface area contributed by atoms with Crippen molar-refractivity contribution in [3.8, 4) is 0 Å². The number of hydrogen-bond acceptors (Lipinski definition) is 3. The van der Waals surface area contributed by atoms with Gasteiger partial charge in [0.05, 0.1) is 11.6 Å². The fourth-order valence-corrected chi connectivity index (χ4v) is 1.84. The quantitative estimate of drug-likeness (QED) is 0.391. The Kier molecular flexibility index (Phi) is 3.28. The van der Waals surface area contributed by atoms with Gasteiger partial charge in [-0.2, -0.15) is 0 Å². The number of nitrogens with zero attached hydrogens (tertiary/aromatic N) is 1. The molecule has 13 heavy (non-hydrogen) atoms. The second-order valence-corrected chi connectivity index (χ2v) is 3.63. The molecule has 0 bridgehead atoms. The predicted octanol–water partition coefficient (Wildman–Crippen LogP) is 1.73. The van der Waals surface area contributed by atoms with E-state index in [-0.39, 0.29) is 11.8 Å². The molecular weight excluding hydrogens is 170 g/mol. The van der Waals surface area contributed by atoms with E-state index in [9.17, 15) is 4.79 Å². The van der Waals surface area contributed by atoms with E-state index in [4.69, 9.17) is 10.3 Å². The van der Waals surface area contributed by atoms with Crippen molar-refractivity contribution in [1.82, 2.24) is 0 Å². The molecule has 1 fully saturated rings. The fraction of sp³-hybridized carbons (Fsp3) is 0.778. The Labute approximate surface area is 77.3 Å². The topological polar surface area (TPSA) is 69.9 Å². The summed E-state index contributed by atoms with van der Waals surface area (Å²) in [6.07, 6.45) is 3.06. The van der Waals surface area contributed by atoms with Gasteiger partial charge in [0.15, 0.2) is 0 Å². The summed E-state index contributed by atoms with van der Waals surface area (Å²) in [5.41, 5.74) is 0.726. The van der Waals surface area contributed by atoms with Gasteiger partial charge in [0.2, 0.25) is 0 Å². The average Bonchev–Trinajstić information content (AvgIpc) is 2.17. The zero-order valence-electron chi connectivity index (χ0n) is 7.73. The lowest BCUT2D eigenvalue weighted by Gasteiger charge is -2.25. The van der Waals surface area contributed by atoms with Gasteiger partial charge in [-0.15, -0.1) is 0 Å². The van der Waals surface area contributed by atoms with Gasteiger partial charge in [0, 0.05) is 5.92 Å². The first-order chi connectivity index (χ1) is 6.15. The van der Waals surface area contributed by atoms with Gasteiger partial charge in [0.1, 0.15) is 0 Å². The molecule has 1 aliphatic carbocycles. The Balaban J connectivity index is 2.43. The summed E-state index contributed by atoms with van der Waals surface area (Å²) < 4.78 is 0. The molecule has 0 aromatic heterocycles. The van der Waals surface area contributed by atoms with Crippen molar-refractivity contribution in [1.29, 1.82) is 0 Å². The molecule has 0 spiro atoms. The molecule has 0 radical (unpaired) electrons. The van der Waals surface area contributed by atoms with Gasteiger partial charge in [-0.25, -0.2) is 0 Å². The Morgan fingerprint density at radius 3 is 2.08 bits per heavy atom. The molecule has 0 unspecified atom stereocenters. The lowest BCUT2D eigenvalue weighted by Crippen LogP contribution is -2.24. The smallest absolute Gasteiger partial charge is 0.306 e. The molecular formula is C9H15NO3. The average molecular weight is 185 g/mol. The summed E-state index contributed by atoms with van der Waals surface area (Å²) in [5, 5.41) is 20.4. The van der Waals surface area contributed by atoms with Crippen molar-refractivity contribution in [2.24, 2.45) is 17.0 Å². The number of carbonyl (C=O) groups is 1. The minimum Gasteiger partial charge on any atom is -0.481 e. The van der Waals surface area contributed by atoms with Crippen LogP contribution in [-0.4, -0.2) is 22.0 Å². The Morgan fingerprint density at radius 1 is 1.23 bits per heavy atom. The molecule has 0 heterocycles. The molecule has 4 heteroatoms. The summed E-state index contributed by atoms with van der Waals surface area (Å²) in [7, 11) is 0. The zero-order valence-corrected chi connectivity index (χ0v) is 7.73. The number of carboxylic acids is 1. The largest absolute Gasteiger partial charge is 0.481 e. The summed E-state index contributed by atoms with van der Waals surface area (Å²) >= 11 is 0. The summed E-state index contributed by atoms with van der Waals surface area (Å²) in [4.78, 5) is 10.6. The normalized spacial score (nSPS) is 30.1. The van der Waals surface area contributed by atoms with E-state index in [0.717, 1.165) is 18.6 Å². The minimum atomic E-state index is -0.697. The maximum atomic E-state index is 10.6. The lowest BCUT2D eigenvalue weighted by atomic mass is 9.80. The molecule has 1 aliphatic rings. The first kappa shape index (κ1) is 10.0. The van der Waals surface area contributed by atoms with E-state index in [0.29, 0.717) is 12.8 Å². The van der Waals surface area contributed by atoms with E-state index >= 15 is 0 Å². The molecule has 74 valence electrons. The molecule has 2 N–H and O–H groups in total. The Morgan fingerprint density at radius 2 is 1.69 bits per heavy atom. The first-order valence-corrected chi connectivity index (χ1v) is 4.56. The Hall–Kier alpha value is -1.06. The van der Waals surface area contributed by atoms with Crippen molar-refractivity contribution >= 4 is 11.7 Å². The predicted molar refractivity (Wildman–Crippen MR) is 48.0 cm³/mol. The molecule has 0 amide bonds. The van der Waals surface area contributed by atoms with Crippen LogP contribution in [0.25, 0.3) is 0 Å². The van der Waals surface area contributed by atoms with Crippen LogP contribution in [0.2, 0.25) is 0 Å². The minimum absolute atomic E-state index is 0.192. The molecule has 4 nitrogen and oxygen atoms in total. The molecule has 0 aromatic carbocycles. The molecule has 0 aliphatic heterocycles. The van der Waals surface area contributed by atoms with Crippen LogP contribution >= 0.6 is 0 Å². The number of aliphatic carboxylic acids is 1. The van der Waals surface area contributed by atoms with Crippen molar-refractivity contribution in [3.05, 3.63) is 0 Å². The number of hydrogen-bond donors (Lipinski definition) is 2. The van der Waals surface area contributed by atoms with Gasteiger partial charge >= 0.3 is 5.97 Å². The van der Waals surface area contributed by atoms with Crippen molar-refractivity contribution in [2.45, 2.75) is 32.6 Å². The summed E-state index contributed by atoms with van der Waals surface area (Å²) in [6, 6.07) is 0. The second-order valence-electron chi connectivity index (χ2n) is 3.63. The van der Waals surface area contributed by atoms with Crippen LogP contribution in [0.15, 0.2) is 5.16 Å². The highest BCUT2D eigenvalue weighted by Crippen LogP contribution is 2.29. The van der Waals surface area contributed by atoms with Gasteiger partial charge in [-0.1, -0.05) is 5.16 Å². The van der Waals surface area contributed by atoms with Crippen LogP contribution in [0.1, 0.15) is 32.6 Å². The second kappa shape index (κ2) is 4.25. The third-order valence-electron chi connectivity index (χ3n) is 2.82. The van der Waals surface area contributed by atoms with Gasteiger partial charge in [0.25, 0.3) is 0 Å². The molecule has 1 saturated carbocycles. The number of carboxylic acid groups (broad SMARTS) is 1. The van der Waals surface area contributed by atoms with Crippen LogP contribution in [0.4, 0.5) is 0 Å². The number of rotatable bonds is 2. The fourth-order valence-electron chi connectivity index (χ4n) is 1.84. The van der Waals surface area contributed by atoms with Crippen LogP contribution in [0, 0.1) is 11.8 Å². The lowest BCUT2D eigenvalue weighted by molar-refractivity contribution is -0.142. The highest BCUT2D eigenvalue weighted by Gasteiger charge is 2.27. The van der Waals surface area contributed by atoms with E-state index in [1.807, 2.05) is 0 Å². The third-order valence-corrected chi connectivity index (χ3v) is 2.82. The van der Waals surface area contributed by atoms with Crippen molar-refractivity contribution in [2.75, 3.05) is 0 Å². The van der Waals surface area contributed by atoms with Crippen LogP contribution in [0.3, 0.4) is 0 Å². The van der Waals surface area contributed by atoms with E-state index < -0.39 is 5.97 Å². The summed E-state index contributed by atoms with van der Waals surface area (Å²) in [5.74, 6) is -0.611. The number of oxime groups is 1. The van der Waals surface area contributed by atoms with E-state index in [2.05, 4.69) is 5.16 Å². The van der Waals surface area contributed by atoms with Gasteiger partial charge in [-0.3, -0.25) is 4.79 Å². The molecule has 0 atom stereocenters.